The average Bonchev–Trinajstić information content (AvgIpc) is 2.19. The molecule has 0 aliphatic carbocycles. The van der Waals surface area contributed by atoms with Crippen molar-refractivity contribution >= 4 is 5.91 Å². The topological polar surface area (TPSA) is 49.8 Å². The molecule has 0 saturated carbocycles. The van der Waals surface area contributed by atoms with Crippen LogP contribution < -0.4 is 0 Å². The summed E-state index contributed by atoms with van der Waals surface area (Å²) in [4.78, 5) is 13.3. The lowest BCUT2D eigenvalue weighted by Gasteiger charge is -2.30. The number of carbonyl (C=O) groups excluding carboxylic acids is 1. The predicted octanol–water partition coefficient (Wildman–Crippen LogP) is 0.254. The van der Waals surface area contributed by atoms with E-state index in [4.69, 9.17) is 9.84 Å². The molecule has 1 aliphatic heterocycles. The van der Waals surface area contributed by atoms with Crippen molar-refractivity contribution in [2.24, 2.45) is 5.92 Å². The van der Waals surface area contributed by atoms with Gasteiger partial charge in [-0.3, -0.25) is 4.79 Å². The second kappa shape index (κ2) is 5.98. The third kappa shape index (κ3) is 3.64. The number of aliphatic hydroxyl groups is 1. The van der Waals surface area contributed by atoms with Crippen molar-refractivity contribution in [3.63, 3.8) is 0 Å². The summed E-state index contributed by atoms with van der Waals surface area (Å²) in [6, 6.07) is 0. The zero-order valence-electron chi connectivity index (χ0n) is 8.74. The molecule has 1 fully saturated rings. The van der Waals surface area contributed by atoms with Crippen LogP contribution in [0.5, 0.6) is 0 Å². The van der Waals surface area contributed by atoms with Gasteiger partial charge in [-0.25, -0.2) is 0 Å². The normalized spacial score (nSPS) is 18.6. The van der Waals surface area contributed by atoms with Crippen LogP contribution in [0.4, 0.5) is 0 Å². The maximum Gasteiger partial charge on any atom is 0.248 e. The molecule has 0 atom stereocenters. The Hall–Kier alpha value is -0.610. The maximum atomic E-state index is 11.5. The molecule has 0 spiro atoms. The van der Waals surface area contributed by atoms with Crippen LogP contribution in [0.1, 0.15) is 19.8 Å². The zero-order valence-corrected chi connectivity index (χ0v) is 8.74. The molecule has 1 N–H and O–H groups in total. The van der Waals surface area contributed by atoms with E-state index in [1.54, 1.807) is 0 Å². The first-order valence-electron chi connectivity index (χ1n) is 5.20. The molecule has 1 saturated heterocycles. The first kappa shape index (κ1) is 11.5. The van der Waals surface area contributed by atoms with Gasteiger partial charge in [-0.1, -0.05) is 6.92 Å². The molecular weight excluding hydrogens is 182 g/mol. The zero-order chi connectivity index (χ0) is 10.4. The van der Waals surface area contributed by atoms with Crippen molar-refractivity contribution in [1.29, 1.82) is 0 Å². The van der Waals surface area contributed by atoms with Gasteiger partial charge < -0.3 is 14.7 Å². The minimum absolute atomic E-state index is 0.0235. The Kier molecular flexibility index (Phi) is 4.90. The number of nitrogens with zero attached hydrogens (tertiary/aromatic N) is 1. The van der Waals surface area contributed by atoms with E-state index in [9.17, 15) is 4.79 Å². The average molecular weight is 201 g/mol. The summed E-state index contributed by atoms with van der Waals surface area (Å²) < 4.78 is 4.98. The van der Waals surface area contributed by atoms with Gasteiger partial charge in [-0.15, -0.1) is 0 Å². The van der Waals surface area contributed by atoms with Gasteiger partial charge in [0.25, 0.3) is 0 Å². The van der Waals surface area contributed by atoms with E-state index in [0.29, 0.717) is 0 Å². The van der Waals surface area contributed by atoms with Crippen LogP contribution in [-0.4, -0.2) is 48.8 Å². The molecule has 14 heavy (non-hydrogen) atoms. The lowest BCUT2D eigenvalue weighted by Crippen LogP contribution is -2.40. The van der Waals surface area contributed by atoms with Crippen molar-refractivity contribution in [2.45, 2.75) is 19.8 Å². The Morgan fingerprint density at radius 2 is 2.14 bits per heavy atom. The number of ether oxygens (including phenoxy) is 1. The van der Waals surface area contributed by atoms with E-state index >= 15 is 0 Å². The summed E-state index contributed by atoms with van der Waals surface area (Å²) in [6.07, 6.45) is 2.18. The smallest absolute Gasteiger partial charge is 0.248 e. The highest BCUT2D eigenvalue weighted by molar-refractivity contribution is 5.77. The minimum atomic E-state index is -0.0235. The molecule has 0 unspecified atom stereocenters. The molecule has 1 aliphatic rings. The molecule has 0 bridgehead atoms. The lowest BCUT2D eigenvalue weighted by molar-refractivity contribution is -0.137. The number of carbonyl (C=O) groups is 1. The Bertz CT molecular complexity index is 176. The van der Waals surface area contributed by atoms with Crippen LogP contribution in [0.2, 0.25) is 0 Å². The van der Waals surface area contributed by atoms with Gasteiger partial charge in [0.1, 0.15) is 6.61 Å². The lowest BCUT2D eigenvalue weighted by atomic mass is 9.99. The number of hydrogen-bond acceptors (Lipinski definition) is 3. The minimum Gasteiger partial charge on any atom is -0.394 e. The molecule has 0 radical (unpaired) electrons. The maximum absolute atomic E-state index is 11.5. The molecule has 4 nitrogen and oxygen atoms in total. The van der Waals surface area contributed by atoms with Crippen molar-refractivity contribution in [1.82, 2.24) is 4.90 Å². The molecule has 1 heterocycles. The van der Waals surface area contributed by atoms with Gasteiger partial charge in [0.2, 0.25) is 5.91 Å². The highest BCUT2D eigenvalue weighted by Gasteiger charge is 2.19. The molecule has 1 amide bonds. The van der Waals surface area contributed by atoms with Crippen molar-refractivity contribution in [3.8, 4) is 0 Å². The highest BCUT2D eigenvalue weighted by atomic mass is 16.5. The Labute approximate surface area is 84.8 Å². The fraction of sp³-hybridized carbons (Fsp3) is 0.900. The Balaban J connectivity index is 2.17. The first-order valence-corrected chi connectivity index (χ1v) is 5.20. The standard InChI is InChI=1S/C10H19NO3/c1-9-2-4-11(5-3-9)10(13)8-14-7-6-12/h9,12H,2-8H2,1H3. The molecule has 0 aromatic rings. The van der Waals surface area contributed by atoms with E-state index in [-0.39, 0.29) is 25.7 Å². The summed E-state index contributed by atoms with van der Waals surface area (Å²) >= 11 is 0. The van der Waals surface area contributed by atoms with Gasteiger partial charge in [0.05, 0.1) is 13.2 Å². The molecule has 4 heteroatoms. The number of hydrogen-bond donors (Lipinski definition) is 1. The van der Waals surface area contributed by atoms with E-state index in [1.165, 1.54) is 0 Å². The van der Waals surface area contributed by atoms with Crippen molar-refractivity contribution in [2.75, 3.05) is 32.9 Å². The predicted molar refractivity (Wildman–Crippen MR) is 52.9 cm³/mol. The summed E-state index contributed by atoms with van der Waals surface area (Å²) in [7, 11) is 0. The summed E-state index contributed by atoms with van der Waals surface area (Å²) in [5, 5.41) is 8.47. The van der Waals surface area contributed by atoms with Gasteiger partial charge >= 0.3 is 0 Å². The third-order valence-electron chi connectivity index (χ3n) is 2.60. The van der Waals surface area contributed by atoms with Crippen LogP contribution in [-0.2, 0) is 9.53 Å². The Morgan fingerprint density at radius 3 is 2.71 bits per heavy atom. The van der Waals surface area contributed by atoms with Crippen molar-refractivity contribution < 1.29 is 14.6 Å². The van der Waals surface area contributed by atoms with Gasteiger partial charge in [-0.05, 0) is 18.8 Å². The van der Waals surface area contributed by atoms with E-state index in [2.05, 4.69) is 6.92 Å². The van der Waals surface area contributed by atoms with Crippen LogP contribution in [0.15, 0.2) is 0 Å². The van der Waals surface area contributed by atoms with Crippen LogP contribution in [0.25, 0.3) is 0 Å². The molecule has 0 aromatic heterocycles. The number of piperidine rings is 1. The van der Waals surface area contributed by atoms with Gasteiger partial charge in [-0.2, -0.15) is 0 Å². The molecule has 82 valence electrons. The third-order valence-corrected chi connectivity index (χ3v) is 2.60. The Morgan fingerprint density at radius 1 is 1.50 bits per heavy atom. The fourth-order valence-electron chi connectivity index (χ4n) is 1.57. The molecular formula is C10H19NO3. The van der Waals surface area contributed by atoms with E-state index < -0.39 is 0 Å². The summed E-state index contributed by atoms with van der Waals surface area (Å²) in [6.45, 7) is 4.24. The number of aliphatic hydroxyl groups excluding tert-OH is 1. The number of likely N-dealkylation sites (tertiary alicyclic amines) is 1. The molecule has 1 rings (SSSR count). The SMILES string of the molecule is CC1CCN(C(=O)COCCO)CC1. The van der Waals surface area contributed by atoms with Crippen LogP contribution in [0, 0.1) is 5.92 Å². The van der Waals surface area contributed by atoms with E-state index in [1.807, 2.05) is 4.90 Å². The first-order chi connectivity index (χ1) is 6.74. The monoisotopic (exact) mass is 201 g/mol. The van der Waals surface area contributed by atoms with Crippen LogP contribution in [0.3, 0.4) is 0 Å². The quantitative estimate of drug-likeness (QED) is 0.663. The van der Waals surface area contributed by atoms with E-state index in [0.717, 1.165) is 31.8 Å². The number of amides is 1. The van der Waals surface area contributed by atoms with Crippen LogP contribution >= 0.6 is 0 Å². The second-order valence-corrected chi connectivity index (χ2v) is 3.84. The fourth-order valence-corrected chi connectivity index (χ4v) is 1.57. The van der Waals surface area contributed by atoms with Gasteiger partial charge in [0, 0.05) is 13.1 Å². The van der Waals surface area contributed by atoms with Crippen molar-refractivity contribution in [3.05, 3.63) is 0 Å². The van der Waals surface area contributed by atoms with Gasteiger partial charge in [0.15, 0.2) is 0 Å². The summed E-state index contributed by atoms with van der Waals surface area (Å²) in [5.74, 6) is 0.780. The largest absolute Gasteiger partial charge is 0.394 e. The highest BCUT2D eigenvalue weighted by Crippen LogP contribution is 2.15. The second-order valence-electron chi connectivity index (χ2n) is 3.84. The molecule has 0 aromatic carbocycles. The number of rotatable bonds is 4. The summed E-state index contributed by atoms with van der Waals surface area (Å²) in [5.41, 5.74) is 0.